The summed E-state index contributed by atoms with van der Waals surface area (Å²) in [5, 5.41) is 7.20. The Morgan fingerprint density at radius 2 is 0.761 bits per heavy atom. The fraction of sp³-hybridized carbons (Fsp3) is 0. The van der Waals surface area contributed by atoms with E-state index in [2.05, 4.69) is 269 Å². The van der Waals surface area contributed by atoms with Crippen molar-refractivity contribution in [3.05, 3.63) is 255 Å². The van der Waals surface area contributed by atoms with Crippen molar-refractivity contribution in [2.75, 3.05) is 4.90 Å². The molecule has 67 heavy (non-hydrogen) atoms. The lowest BCUT2D eigenvalue weighted by molar-refractivity contribution is 1.11. The molecule has 0 radical (unpaired) electrons. The summed E-state index contributed by atoms with van der Waals surface area (Å²) in [6, 6.07) is 91.6. The van der Waals surface area contributed by atoms with Gasteiger partial charge in [-0.2, -0.15) is 0 Å². The zero-order chi connectivity index (χ0) is 44.3. The fourth-order valence-corrected chi connectivity index (χ4v) is 10.2. The van der Waals surface area contributed by atoms with Gasteiger partial charge in [-0.1, -0.05) is 176 Å². The summed E-state index contributed by atoms with van der Waals surface area (Å²) in [7, 11) is 0. The Labute approximate surface area is 388 Å². The first kappa shape index (κ1) is 38.5. The molecule has 0 bridgehead atoms. The van der Waals surface area contributed by atoms with Crippen LogP contribution in [0.15, 0.2) is 255 Å². The molecular weight excluding hydrogens is 813 g/mol. The standard InChI is InChI=1S/C63H42N4/c1-4-18-48(19-5-1)65(49-20-6-2-7-21-49)51-38-35-44(36-39-51)43-31-33-45(34-32-43)63-64-61-56-28-12-10-25-53(56)54-26-11-13-29-57(54)62(61)67(63)52-24-16-17-46(41-52)47-37-40-60-58(42-47)55-27-14-15-30-59(55)66(60)50-22-8-3-9-23-50/h1-42H. The molecule has 0 amide bonds. The maximum absolute atomic E-state index is 5.59. The van der Waals surface area contributed by atoms with E-state index in [9.17, 15) is 0 Å². The fourth-order valence-electron chi connectivity index (χ4n) is 10.2. The third-order valence-electron chi connectivity index (χ3n) is 13.3. The van der Waals surface area contributed by atoms with Crippen LogP contribution in [0.2, 0.25) is 0 Å². The molecule has 2 aromatic heterocycles. The zero-order valence-electron chi connectivity index (χ0n) is 36.5. The topological polar surface area (TPSA) is 26.0 Å². The zero-order valence-corrected chi connectivity index (χ0v) is 36.5. The number of aromatic nitrogens is 3. The van der Waals surface area contributed by atoms with Gasteiger partial charge < -0.3 is 9.47 Å². The number of nitrogens with zero attached hydrogens (tertiary/aromatic N) is 4. The molecule has 0 saturated carbocycles. The van der Waals surface area contributed by atoms with E-state index in [1.165, 1.54) is 38.0 Å². The summed E-state index contributed by atoms with van der Waals surface area (Å²) >= 11 is 0. The maximum atomic E-state index is 5.59. The molecule has 2 heterocycles. The van der Waals surface area contributed by atoms with E-state index in [4.69, 9.17) is 4.98 Å². The van der Waals surface area contributed by atoms with Crippen LogP contribution in [0.25, 0.3) is 99.4 Å². The van der Waals surface area contributed by atoms with Crippen LogP contribution in [-0.2, 0) is 0 Å². The molecule has 0 aliphatic rings. The van der Waals surface area contributed by atoms with E-state index in [0.717, 1.165) is 78.5 Å². The molecule has 0 saturated heterocycles. The van der Waals surface area contributed by atoms with E-state index in [1.54, 1.807) is 0 Å². The van der Waals surface area contributed by atoms with Gasteiger partial charge in [0.15, 0.2) is 0 Å². The quantitative estimate of drug-likeness (QED) is 0.142. The molecule has 314 valence electrons. The van der Waals surface area contributed by atoms with Crippen molar-refractivity contribution in [3.8, 4) is 45.0 Å². The highest BCUT2D eigenvalue weighted by atomic mass is 15.1. The summed E-state index contributed by atoms with van der Waals surface area (Å²) in [4.78, 5) is 7.89. The largest absolute Gasteiger partial charge is 0.311 e. The molecule has 0 unspecified atom stereocenters. The van der Waals surface area contributed by atoms with Gasteiger partial charge in [0.1, 0.15) is 5.82 Å². The van der Waals surface area contributed by atoms with Crippen LogP contribution in [0, 0.1) is 0 Å². The number of hydrogen-bond donors (Lipinski definition) is 0. The van der Waals surface area contributed by atoms with Crippen molar-refractivity contribution in [2.45, 2.75) is 0 Å². The SMILES string of the molecule is c1ccc(N(c2ccccc2)c2ccc(-c3ccc(-c4nc5c6ccccc6c6ccccc6c5n4-c4cccc(-c5ccc6c(c5)c5ccccc5n6-c5ccccc5)c4)cc3)cc2)cc1. The third kappa shape index (κ3) is 6.49. The van der Waals surface area contributed by atoms with Gasteiger partial charge in [-0.05, 0) is 112 Å². The number of anilines is 3. The second-order valence-corrected chi connectivity index (χ2v) is 17.2. The Kier molecular flexibility index (Phi) is 9.14. The summed E-state index contributed by atoms with van der Waals surface area (Å²) in [5.41, 5.74) is 15.7. The van der Waals surface area contributed by atoms with E-state index >= 15 is 0 Å². The lowest BCUT2D eigenvalue weighted by Crippen LogP contribution is -2.09. The highest BCUT2D eigenvalue weighted by molar-refractivity contribution is 6.24. The van der Waals surface area contributed by atoms with Crippen molar-refractivity contribution < 1.29 is 0 Å². The summed E-state index contributed by atoms with van der Waals surface area (Å²) in [6.07, 6.45) is 0. The van der Waals surface area contributed by atoms with Gasteiger partial charge in [0.2, 0.25) is 0 Å². The Hall–Kier alpha value is -8.99. The Morgan fingerprint density at radius 1 is 0.284 bits per heavy atom. The molecule has 0 N–H and O–H groups in total. The van der Waals surface area contributed by atoms with Crippen LogP contribution in [0.3, 0.4) is 0 Å². The van der Waals surface area contributed by atoms with E-state index in [0.29, 0.717) is 0 Å². The van der Waals surface area contributed by atoms with Gasteiger partial charge >= 0.3 is 0 Å². The van der Waals surface area contributed by atoms with E-state index < -0.39 is 0 Å². The van der Waals surface area contributed by atoms with Crippen LogP contribution in [0.4, 0.5) is 17.1 Å². The van der Waals surface area contributed by atoms with Gasteiger partial charge in [-0.15, -0.1) is 0 Å². The first-order valence-corrected chi connectivity index (χ1v) is 22.9. The van der Waals surface area contributed by atoms with Gasteiger partial charge in [0.05, 0.1) is 22.1 Å². The Balaban J connectivity index is 0.941. The number of benzene rings is 11. The van der Waals surface area contributed by atoms with Gasteiger partial charge in [-0.3, -0.25) is 4.57 Å². The molecule has 11 aromatic carbocycles. The van der Waals surface area contributed by atoms with E-state index in [-0.39, 0.29) is 0 Å². The highest BCUT2D eigenvalue weighted by Gasteiger charge is 2.21. The third-order valence-corrected chi connectivity index (χ3v) is 13.3. The highest BCUT2D eigenvalue weighted by Crippen LogP contribution is 2.42. The molecule has 4 heteroatoms. The molecular formula is C63H42N4. The summed E-state index contributed by atoms with van der Waals surface area (Å²) < 4.78 is 4.76. The smallest absolute Gasteiger partial charge is 0.145 e. The molecule has 13 aromatic rings. The normalized spacial score (nSPS) is 11.6. The number of fused-ring (bicyclic) bond motifs is 9. The van der Waals surface area contributed by atoms with E-state index in [1.807, 2.05) is 0 Å². The Bertz CT molecular complexity index is 3910. The second-order valence-electron chi connectivity index (χ2n) is 17.2. The minimum absolute atomic E-state index is 0.901. The van der Waals surface area contributed by atoms with Crippen molar-refractivity contribution in [1.29, 1.82) is 0 Å². The van der Waals surface area contributed by atoms with Gasteiger partial charge in [0.25, 0.3) is 0 Å². The van der Waals surface area contributed by atoms with Crippen molar-refractivity contribution in [2.24, 2.45) is 0 Å². The summed E-state index contributed by atoms with van der Waals surface area (Å²) in [5.74, 6) is 0.901. The number of rotatable bonds is 8. The number of para-hydroxylation sites is 4. The molecule has 0 aliphatic heterocycles. The number of imidazole rings is 1. The van der Waals surface area contributed by atoms with Crippen LogP contribution >= 0.6 is 0 Å². The first-order chi connectivity index (χ1) is 33.2. The van der Waals surface area contributed by atoms with Gasteiger partial charge in [-0.25, -0.2) is 4.98 Å². The molecule has 13 rings (SSSR count). The van der Waals surface area contributed by atoms with Crippen molar-refractivity contribution in [1.82, 2.24) is 14.1 Å². The minimum Gasteiger partial charge on any atom is -0.311 e. The predicted molar refractivity (Wildman–Crippen MR) is 281 cm³/mol. The Morgan fingerprint density at radius 3 is 1.45 bits per heavy atom. The van der Waals surface area contributed by atoms with Crippen LogP contribution in [0.1, 0.15) is 0 Å². The second kappa shape index (κ2) is 15.9. The maximum Gasteiger partial charge on any atom is 0.145 e. The van der Waals surface area contributed by atoms with Crippen LogP contribution < -0.4 is 4.90 Å². The average molecular weight is 855 g/mol. The lowest BCUT2D eigenvalue weighted by atomic mass is 9.99. The van der Waals surface area contributed by atoms with Crippen molar-refractivity contribution in [3.63, 3.8) is 0 Å². The lowest BCUT2D eigenvalue weighted by Gasteiger charge is -2.25. The van der Waals surface area contributed by atoms with Crippen LogP contribution in [0.5, 0.6) is 0 Å². The first-order valence-electron chi connectivity index (χ1n) is 22.9. The summed E-state index contributed by atoms with van der Waals surface area (Å²) in [6.45, 7) is 0. The molecule has 0 atom stereocenters. The molecule has 0 fully saturated rings. The average Bonchev–Trinajstić information content (AvgIpc) is 3.97. The predicted octanol–water partition coefficient (Wildman–Crippen LogP) is 16.9. The molecule has 0 aliphatic carbocycles. The molecule has 0 spiro atoms. The molecule has 4 nitrogen and oxygen atoms in total. The number of hydrogen-bond acceptors (Lipinski definition) is 2. The van der Waals surface area contributed by atoms with Gasteiger partial charge in [0, 0.05) is 55.5 Å². The monoisotopic (exact) mass is 854 g/mol. The minimum atomic E-state index is 0.901. The van der Waals surface area contributed by atoms with Crippen LogP contribution in [-0.4, -0.2) is 14.1 Å². The van der Waals surface area contributed by atoms with Crippen molar-refractivity contribution >= 4 is 71.4 Å².